The molecule has 7 rings (SSSR count). The molecule has 25 atom stereocenters. The summed E-state index contributed by atoms with van der Waals surface area (Å²) < 4.78 is 30.0. The molecule has 0 amide bonds. The van der Waals surface area contributed by atoms with Crippen molar-refractivity contribution in [2.24, 2.45) is 46.3 Å². The molecule has 4 aliphatic carbocycles. The Morgan fingerprint density at radius 2 is 1.39 bits per heavy atom. The van der Waals surface area contributed by atoms with Crippen molar-refractivity contribution in [3.63, 3.8) is 0 Å². The maximum Gasteiger partial charge on any atom is 0.190 e. The fourth-order valence-corrected chi connectivity index (χ4v) is 12.8. The highest BCUT2D eigenvalue weighted by Gasteiger charge is 2.66. The molecule has 18 heteroatoms. The number of carbonyl (C=O) groups is 1. The predicted molar refractivity (Wildman–Crippen MR) is 223 cm³/mol. The lowest BCUT2D eigenvalue weighted by Crippen LogP contribution is -2.64. The summed E-state index contributed by atoms with van der Waals surface area (Å²) in [6, 6.07) is 0. The molecule has 0 bridgehead atoms. The van der Waals surface area contributed by atoms with E-state index in [9.17, 15) is 55.9 Å². The Morgan fingerprint density at radius 1 is 0.734 bits per heavy atom. The Morgan fingerprint density at radius 3 is 2.05 bits per heavy atom. The summed E-state index contributed by atoms with van der Waals surface area (Å²) in [7, 11) is 0. The third-order valence-corrected chi connectivity index (χ3v) is 17.0. The third kappa shape index (κ3) is 9.17. The summed E-state index contributed by atoms with van der Waals surface area (Å²) in [4.78, 5) is 26.8. The number of hydrogen-bond donors (Lipinski definition) is 10. The average Bonchev–Trinajstić information content (AvgIpc) is 3.57. The van der Waals surface area contributed by atoms with Crippen molar-refractivity contribution >= 4 is 5.78 Å². The van der Waals surface area contributed by atoms with E-state index in [4.69, 9.17) is 33.5 Å². The van der Waals surface area contributed by atoms with E-state index in [1.165, 1.54) is 6.92 Å². The third-order valence-electron chi connectivity index (χ3n) is 17.0. The van der Waals surface area contributed by atoms with E-state index in [1.54, 1.807) is 6.92 Å². The first-order valence-electron chi connectivity index (χ1n) is 23.7. The van der Waals surface area contributed by atoms with Crippen LogP contribution < -0.4 is 0 Å². The number of hydrogen-bond acceptors (Lipinski definition) is 18. The molecule has 0 aromatic rings. The molecule has 0 aromatic carbocycles. The van der Waals surface area contributed by atoms with Crippen molar-refractivity contribution in [1.82, 2.24) is 0 Å². The summed E-state index contributed by atoms with van der Waals surface area (Å²) in [5.74, 6) is -0.217. The number of aliphatic hydroxyl groups is 10. The zero-order chi connectivity index (χ0) is 46.7. The Hall–Kier alpha value is -1.27. The minimum absolute atomic E-state index is 0.00525. The zero-order valence-corrected chi connectivity index (χ0v) is 38.2. The number of Topliss-reactive ketones (excluding diaryl/α,β-unsaturated/α-hetero) is 1. The summed E-state index contributed by atoms with van der Waals surface area (Å²) in [5.41, 5.74) is -0.0463. The van der Waals surface area contributed by atoms with E-state index in [1.807, 2.05) is 20.8 Å². The van der Waals surface area contributed by atoms with E-state index < -0.39 is 129 Å². The fraction of sp³-hybridized carbons (Fsp3) is 0.935. The van der Waals surface area contributed by atoms with Gasteiger partial charge in [0.2, 0.25) is 0 Å². The standard InChI is InChI=1S/C46H76O18/c1-19(2)28(49)11-8-20(3)33-29(60-43-40(57)37(54)36(53)30(17-47)61-43)15-27-25-10-9-23-14-24(12-13-45(23,6)26(25)16-32(50)46(27,33)7)63-64-42-39(56)35(52)22(5)59-44(42)62-41-31(18-48)58-21(4)34(51)38(41)55/h9,19-22,24-31,33-44,47-49,51-57H,8,10-18H2,1-7H3/t20-,21+,22+,24+,25-,26+,27+,28-,29+,30+,31-,33+,34+,35+,36+,37-,38-,39-,40+,41+,42-,43+,44-,45+,46-/m1/s1. The van der Waals surface area contributed by atoms with Gasteiger partial charge in [-0.05, 0) is 93.8 Å². The highest BCUT2D eigenvalue weighted by atomic mass is 17.2. The van der Waals surface area contributed by atoms with Gasteiger partial charge in [-0.15, -0.1) is 0 Å². The zero-order valence-electron chi connectivity index (χ0n) is 38.2. The number of aliphatic hydroxyl groups excluding tert-OH is 10. The normalized spacial score (nSPS) is 50.6. The largest absolute Gasteiger partial charge is 0.394 e. The summed E-state index contributed by atoms with van der Waals surface area (Å²) in [5, 5.41) is 106. The Kier molecular flexibility index (Phi) is 15.8. The van der Waals surface area contributed by atoms with Crippen LogP contribution >= 0.6 is 0 Å². The van der Waals surface area contributed by atoms with Crippen LogP contribution in [0, 0.1) is 46.3 Å². The van der Waals surface area contributed by atoms with E-state index in [2.05, 4.69) is 19.9 Å². The number of ketones is 1. The van der Waals surface area contributed by atoms with Gasteiger partial charge in [0.15, 0.2) is 18.7 Å². The lowest BCUT2D eigenvalue weighted by Gasteiger charge is -2.57. The van der Waals surface area contributed by atoms with Crippen LogP contribution in [0.2, 0.25) is 0 Å². The van der Waals surface area contributed by atoms with E-state index in [0.717, 1.165) is 5.57 Å². The maximum absolute atomic E-state index is 14.9. The number of ether oxygens (including phenoxy) is 5. The van der Waals surface area contributed by atoms with Crippen LogP contribution in [-0.4, -0.2) is 180 Å². The molecule has 64 heavy (non-hydrogen) atoms. The van der Waals surface area contributed by atoms with E-state index in [-0.39, 0.29) is 46.7 Å². The smallest absolute Gasteiger partial charge is 0.190 e. The van der Waals surface area contributed by atoms with Crippen molar-refractivity contribution in [3.05, 3.63) is 11.6 Å². The highest BCUT2D eigenvalue weighted by Crippen LogP contribution is 2.67. The number of carbonyl (C=O) groups excluding carboxylic acids is 1. The Bertz CT molecular complexity index is 1610. The van der Waals surface area contributed by atoms with Gasteiger partial charge in [-0.25, -0.2) is 9.78 Å². The molecule has 6 fully saturated rings. The summed E-state index contributed by atoms with van der Waals surface area (Å²) in [6.45, 7) is 12.2. The molecule has 0 spiro atoms. The number of fused-ring (bicyclic) bond motifs is 5. The van der Waals surface area contributed by atoms with Crippen molar-refractivity contribution in [3.8, 4) is 0 Å². The summed E-state index contributed by atoms with van der Waals surface area (Å²) in [6.07, 6.45) is -14.6. The van der Waals surface area contributed by atoms with Crippen molar-refractivity contribution in [2.75, 3.05) is 13.2 Å². The van der Waals surface area contributed by atoms with Crippen LogP contribution in [0.1, 0.15) is 99.8 Å². The number of allylic oxidation sites excluding steroid dienone is 1. The molecule has 18 nitrogen and oxygen atoms in total. The molecule has 7 aliphatic rings. The minimum Gasteiger partial charge on any atom is -0.394 e. The van der Waals surface area contributed by atoms with Crippen molar-refractivity contribution < 1.29 is 89.3 Å². The predicted octanol–water partition coefficient (Wildman–Crippen LogP) is 0.0112. The SMILES string of the molecule is CC(C)[C@H](O)CC[C@@H](C)[C@H]1[C@@H](O[C@H]2O[C@@H](CO)[C@H](O)[C@@H](O)[C@@H]2O)C[C@H]2[C@@H]3CC=C4C[C@@H](OO[C@H]5[C@@H](O[C@@H]6[C@H](O)[C@@H](O)[C@H](C)O[C@@H]6CO)O[C@@H](C)[C@H](O)[C@H]5O)CC[C@]4(C)[C@H]3CC(=O)[C@]12C. The molecular weight excluding hydrogens is 840 g/mol. The van der Waals surface area contributed by atoms with Crippen LogP contribution in [0.15, 0.2) is 11.6 Å². The van der Waals surface area contributed by atoms with Gasteiger partial charge in [0.05, 0.1) is 43.7 Å². The molecular formula is C46H76O18. The van der Waals surface area contributed by atoms with Gasteiger partial charge < -0.3 is 74.7 Å². The second kappa shape index (κ2) is 20.0. The first-order chi connectivity index (χ1) is 30.2. The molecule has 3 heterocycles. The van der Waals surface area contributed by atoms with Crippen LogP contribution in [0.3, 0.4) is 0 Å². The van der Waals surface area contributed by atoms with Crippen molar-refractivity contribution in [1.29, 1.82) is 0 Å². The van der Waals surface area contributed by atoms with Gasteiger partial charge in [-0.2, -0.15) is 0 Å². The first-order valence-corrected chi connectivity index (χ1v) is 23.7. The lowest BCUT2D eigenvalue weighted by molar-refractivity contribution is -0.429. The van der Waals surface area contributed by atoms with Gasteiger partial charge in [-0.3, -0.25) is 4.79 Å². The van der Waals surface area contributed by atoms with Gasteiger partial charge >= 0.3 is 0 Å². The van der Waals surface area contributed by atoms with Gasteiger partial charge in [0.1, 0.15) is 66.8 Å². The van der Waals surface area contributed by atoms with Gasteiger partial charge in [0.25, 0.3) is 0 Å². The number of rotatable bonds is 14. The second-order valence-corrected chi connectivity index (χ2v) is 21.0. The highest BCUT2D eigenvalue weighted by molar-refractivity contribution is 5.87. The van der Waals surface area contributed by atoms with Crippen LogP contribution in [0.5, 0.6) is 0 Å². The molecule has 368 valence electrons. The van der Waals surface area contributed by atoms with Crippen LogP contribution in [-0.2, 0) is 38.3 Å². The minimum atomic E-state index is -1.61. The molecule has 10 N–H and O–H groups in total. The Labute approximate surface area is 375 Å². The maximum atomic E-state index is 14.9. The lowest BCUT2D eigenvalue weighted by atomic mass is 9.46. The molecule has 3 saturated heterocycles. The molecule has 3 aliphatic heterocycles. The van der Waals surface area contributed by atoms with E-state index in [0.29, 0.717) is 51.4 Å². The quantitative estimate of drug-likeness (QED) is 0.0624. The molecule has 0 unspecified atom stereocenters. The molecule has 0 radical (unpaired) electrons. The molecule has 3 saturated carbocycles. The van der Waals surface area contributed by atoms with Crippen LogP contribution in [0.25, 0.3) is 0 Å². The first kappa shape index (κ1) is 50.6. The van der Waals surface area contributed by atoms with Gasteiger partial charge in [0, 0.05) is 17.8 Å². The second-order valence-electron chi connectivity index (χ2n) is 21.0. The van der Waals surface area contributed by atoms with E-state index >= 15 is 0 Å². The monoisotopic (exact) mass is 917 g/mol. The van der Waals surface area contributed by atoms with Gasteiger partial charge in [-0.1, -0.05) is 46.3 Å². The fourth-order valence-electron chi connectivity index (χ4n) is 12.8. The average molecular weight is 917 g/mol. The van der Waals surface area contributed by atoms with Crippen molar-refractivity contribution in [2.45, 2.75) is 210 Å². The Balaban J connectivity index is 1.08. The topological polar surface area (TPSA) is 284 Å². The molecule has 0 aromatic heterocycles. The van der Waals surface area contributed by atoms with Crippen LogP contribution in [0.4, 0.5) is 0 Å². The summed E-state index contributed by atoms with van der Waals surface area (Å²) >= 11 is 0.